The van der Waals surface area contributed by atoms with Gasteiger partial charge in [0, 0.05) is 28.1 Å². The lowest BCUT2D eigenvalue weighted by atomic mass is 10.0. The summed E-state index contributed by atoms with van der Waals surface area (Å²) < 4.78 is 15.4. The van der Waals surface area contributed by atoms with Crippen molar-refractivity contribution in [3.63, 3.8) is 0 Å². The monoisotopic (exact) mass is 380 g/mol. The number of carboxylic acids is 1. The summed E-state index contributed by atoms with van der Waals surface area (Å²) in [4.78, 5) is 16.7. The normalized spacial score (nSPS) is 10.6. The maximum atomic E-state index is 13.8. The van der Waals surface area contributed by atoms with Gasteiger partial charge in [-0.25, -0.2) is 14.0 Å². The Kier molecular flexibility index (Phi) is 5.33. The molecule has 6 heteroatoms. The first-order valence-electron chi connectivity index (χ1n) is 8.33. The van der Waals surface area contributed by atoms with Gasteiger partial charge in [0.1, 0.15) is 11.5 Å². The van der Waals surface area contributed by atoms with Gasteiger partial charge in [-0.2, -0.15) is 0 Å². The molecule has 136 valence electrons. The van der Waals surface area contributed by atoms with Crippen molar-refractivity contribution in [3.05, 3.63) is 77.2 Å². The number of nitrogens with zero attached hydrogens (tertiary/aromatic N) is 2. The zero-order chi connectivity index (χ0) is 19.6. The van der Waals surface area contributed by atoms with E-state index in [1.165, 1.54) is 17.8 Å². The van der Waals surface area contributed by atoms with Crippen LogP contribution in [0.25, 0.3) is 16.0 Å². The van der Waals surface area contributed by atoms with E-state index in [4.69, 9.17) is 6.57 Å². The van der Waals surface area contributed by atoms with Gasteiger partial charge < -0.3 is 9.67 Å². The summed E-state index contributed by atoms with van der Waals surface area (Å²) in [5.74, 6) is -1.35. The van der Waals surface area contributed by atoms with E-state index in [-0.39, 0.29) is 11.5 Å². The van der Waals surface area contributed by atoms with Gasteiger partial charge in [-0.1, -0.05) is 43.0 Å². The molecule has 0 radical (unpaired) electrons. The van der Waals surface area contributed by atoms with E-state index in [0.29, 0.717) is 33.8 Å². The molecule has 0 unspecified atom stereocenters. The molecule has 0 saturated heterocycles. The Hall–Kier alpha value is -3.04. The highest BCUT2D eigenvalue weighted by atomic mass is 32.2. The van der Waals surface area contributed by atoms with Crippen LogP contribution in [0.15, 0.2) is 58.3 Å². The second kappa shape index (κ2) is 7.68. The average molecular weight is 380 g/mol. The molecular weight excluding hydrogens is 363 g/mol. The van der Waals surface area contributed by atoms with Crippen molar-refractivity contribution >= 4 is 23.4 Å². The molecule has 1 N–H and O–H groups in total. The van der Waals surface area contributed by atoms with Crippen molar-refractivity contribution in [3.8, 4) is 11.1 Å². The third-order valence-corrected chi connectivity index (χ3v) is 5.40. The van der Waals surface area contributed by atoms with E-state index in [1.807, 2.05) is 19.1 Å². The molecule has 0 aliphatic carbocycles. The molecule has 0 aliphatic heterocycles. The zero-order valence-corrected chi connectivity index (χ0v) is 15.7. The van der Waals surface area contributed by atoms with Gasteiger partial charge in [0.05, 0.1) is 6.57 Å². The van der Waals surface area contributed by atoms with Crippen LogP contribution in [0.3, 0.4) is 0 Å². The van der Waals surface area contributed by atoms with Gasteiger partial charge in [-0.05, 0) is 36.2 Å². The fourth-order valence-electron chi connectivity index (χ4n) is 3.11. The molecular formula is C21H17FN2O2S. The van der Waals surface area contributed by atoms with Gasteiger partial charge in [-0.15, -0.1) is 0 Å². The first-order chi connectivity index (χ1) is 13.0. The first-order valence-corrected chi connectivity index (χ1v) is 9.14. The lowest BCUT2D eigenvalue weighted by Crippen LogP contribution is -2.07. The lowest BCUT2D eigenvalue weighted by Gasteiger charge is -2.07. The molecule has 0 aliphatic rings. The minimum Gasteiger partial charge on any atom is -0.477 e. The predicted octanol–water partition coefficient (Wildman–Crippen LogP) is 5.79. The van der Waals surface area contributed by atoms with Crippen LogP contribution in [0.5, 0.6) is 0 Å². The van der Waals surface area contributed by atoms with Gasteiger partial charge in [0.15, 0.2) is 0 Å². The number of halogens is 1. The summed E-state index contributed by atoms with van der Waals surface area (Å²) in [6, 6.07) is 13.7. The minimum absolute atomic E-state index is 0.104. The van der Waals surface area contributed by atoms with Gasteiger partial charge >= 0.3 is 5.97 Å². The van der Waals surface area contributed by atoms with Crippen LogP contribution < -0.4 is 0 Å². The second-order valence-electron chi connectivity index (χ2n) is 5.91. The Bertz CT molecular complexity index is 1050. The highest BCUT2D eigenvalue weighted by Gasteiger charge is 2.25. The topological polar surface area (TPSA) is 46.6 Å². The molecule has 2 aromatic carbocycles. The van der Waals surface area contributed by atoms with Crippen molar-refractivity contribution < 1.29 is 14.3 Å². The van der Waals surface area contributed by atoms with Crippen molar-refractivity contribution in [2.75, 3.05) is 0 Å². The van der Waals surface area contributed by atoms with E-state index < -0.39 is 5.97 Å². The Morgan fingerprint density at radius 2 is 1.89 bits per heavy atom. The number of carbonyl (C=O) groups is 1. The third-order valence-electron chi connectivity index (χ3n) is 4.34. The van der Waals surface area contributed by atoms with Crippen LogP contribution >= 0.6 is 11.8 Å². The summed E-state index contributed by atoms with van der Waals surface area (Å²) in [6.45, 7) is 9.41. The Labute approximate surface area is 161 Å². The molecule has 0 bridgehead atoms. The van der Waals surface area contributed by atoms with E-state index >= 15 is 0 Å². The Morgan fingerprint density at radius 3 is 2.44 bits per heavy atom. The number of carboxylic acid groups (broad SMARTS) is 1. The molecule has 0 saturated carbocycles. The molecule has 0 atom stereocenters. The van der Waals surface area contributed by atoms with E-state index in [2.05, 4.69) is 4.85 Å². The summed E-state index contributed by atoms with van der Waals surface area (Å²) >= 11 is 1.29. The SMILES string of the molecule is [C-]#[N+]c1c(-c2ccc(Sc3ccccc3F)cc2)c(C(=O)O)n(C)c1CC. The standard InChI is InChI=1S/C21H17FN2O2S/c1-4-16-19(23-2)18(20(21(25)26)24(16)3)13-9-11-14(12-10-13)27-17-8-6-5-7-15(17)22/h5-12H,4H2,1,3H3,(H,25,26). The fraction of sp³-hybridized carbons (Fsp3) is 0.143. The number of aromatic nitrogens is 1. The number of rotatable bonds is 5. The third kappa shape index (κ3) is 3.46. The van der Waals surface area contributed by atoms with Crippen LogP contribution in [0.1, 0.15) is 23.1 Å². The quantitative estimate of drug-likeness (QED) is 0.570. The van der Waals surface area contributed by atoms with Gasteiger partial charge in [0.25, 0.3) is 0 Å². The molecule has 3 aromatic rings. The second-order valence-corrected chi connectivity index (χ2v) is 7.02. The molecule has 1 aromatic heterocycles. The number of hydrogen-bond acceptors (Lipinski definition) is 2. The van der Waals surface area contributed by atoms with Crippen LogP contribution in [-0.2, 0) is 13.5 Å². The van der Waals surface area contributed by atoms with Crippen LogP contribution in [0.4, 0.5) is 10.1 Å². The van der Waals surface area contributed by atoms with E-state index in [9.17, 15) is 14.3 Å². The van der Waals surface area contributed by atoms with Crippen molar-refractivity contribution in [2.24, 2.45) is 7.05 Å². The smallest absolute Gasteiger partial charge is 0.351 e. The van der Waals surface area contributed by atoms with Gasteiger partial charge in [-0.3, -0.25) is 0 Å². The van der Waals surface area contributed by atoms with Crippen LogP contribution in [-0.4, -0.2) is 15.6 Å². The van der Waals surface area contributed by atoms with Gasteiger partial charge in [0.2, 0.25) is 5.69 Å². The molecule has 4 nitrogen and oxygen atoms in total. The number of hydrogen-bond donors (Lipinski definition) is 1. The largest absolute Gasteiger partial charge is 0.477 e. The molecule has 0 fully saturated rings. The maximum absolute atomic E-state index is 13.8. The van der Waals surface area contributed by atoms with E-state index in [1.54, 1.807) is 41.9 Å². The van der Waals surface area contributed by atoms with Crippen molar-refractivity contribution in [1.29, 1.82) is 0 Å². The molecule has 0 spiro atoms. The van der Waals surface area contributed by atoms with E-state index in [0.717, 1.165) is 4.90 Å². The highest BCUT2D eigenvalue weighted by Crippen LogP contribution is 2.40. The maximum Gasteiger partial charge on any atom is 0.351 e. The summed E-state index contributed by atoms with van der Waals surface area (Å²) in [6.07, 6.45) is 0.565. The van der Waals surface area contributed by atoms with Crippen molar-refractivity contribution in [2.45, 2.75) is 23.1 Å². The van der Waals surface area contributed by atoms with Crippen LogP contribution in [0.2, 0.25) is 0 Å². The number of aromatic carboxylic acids is 1. The summed E-state index contributed by atoms with van der Waals surface area (Å²) in [7, 11) is 1.67. The highest BCUT2D eigenvalue weighted by molar-refractivity contribution is 7.99. The fourth-order valence-corrected chi connectivity index (χ4v) is 3.95. The predicted molar refractivity (Wildman–Crippen MR) is 104 cm³/mol. The molecule has 0 amide bonds. The summed E-state index contributed by atoms with van der Waals surface area (Å²) in [5, 5.41) is 9.65. The Morgan fingerprint density at radius 1 is 1.22 bits per heavy atom. The molecule has 1 heterocycles. The average Bonchev–Trinajstić information content (AvgIpc) is 2.95. The minimum atomic E-state index is -1.07. The van der Waals surface area contributed by atoms with Crippen molar-refractivity contribution in [1.82, 2.24) is 4.57 Å². The number of benzene rings is 2. The van der Waals surface area contributed by atoms with Crippen LogP contribution in [0, 0.1) is 12.4 Å². The molecule has 27 heavy (non-hydrogen) atoms. The summed E-state index contributed by atoms with van der Waals surface area (Å²) in [5.41, 5.74) is 2.26. The molecule has 3 rings (SSSR count). The zero-order valence-electron chi connectivity index (χ0n) is 14.9. The lowest BCUT2D eigenvalue weighted by molar-refractivity contribution is 0.0687. The first kappa shape index (κ1) is 18.7. The Balaban J connectivity index is 2.04.